The molecule has 2 aromatic carbocycles. The van der Waals surface area contributed by atoms with Gasteiger partial charge in [-0.05, 0) is 41.1 Å². The molecule has 1 aliphatic heterocycles. The predicted octanol–water partition coefficient (Wildman–Crippen LogP) is 3.16. The fraction of sp³-hybridized carbons (Fsp3) is 0.0556. The lowest BCUT2D eigenvalue weighted by atomic mass is 10.1. The van der Waals surface area contributed by atoms with Gasteiger partial charge in [0.05, 0.1) is 11.3 Å². The number of nitrogens with one attached hydrogen (secondary N) is 1. The van der Waals surface area contributed by atoms with Crippen molar-refractivity contribution in [3.8, 4) is 5.75 Å². The number of thioether (sulfide) groups is 1. The minimum absolute atomic E-state index is 0.200. The average molecular weight is 339 g/mol. The highest BCUT2D eigenvalue weighted by Gasteiger charge is 2.24. The Morgan fingerprint density at radius 1 is 1.04 bits per heavy atom. The van der Waals surface area contributed by atoms with Crippen LogP contribution in [0.3, 0.4) is 0 Å². The first-order chi connectivity index (χ1) is 11.6. The van der Waals surface area contributed by atoms with E-state index in [0.717, 1.165) is 22.9 Å². The van der Waals surface area contributed by atoms with Crippen molar-refractivity contribution in [2.45, 2.75) is 6.42 Å². The summed E-state index contributed by atoms with van der Waals surface area (Å²) in [4.78, 5) is 34.8. The van der Waals surface area contributed by atoms with E-state index in [0.29, 0.717) is 10.7 Å². The van der Waals surface area contributed by atoms with Gasteiger partial charge in [-0.25, -0.2) is 0 Å². The summed E-state index contributed by atoms with van der Waals surface area (Å²) in [5.74, 6) is -0.315. The molecule has 6 heteroatoms. The molecule has 3 rings (SSSR count). The van der Waals surface area contributed by atoms with E-state index < -0.39 is 5.91 Å². The Morgan fingerprint density at radius 3 is 2.38 bits per heavy atom. The molecular weight excluding hydrogens is 326 g/mol. The molecule has 0 bridgehead atoms. The first-order valence-electron chi connectivity index (χ1n) is 7.20. The van der Waals surface area contributed by atoms with E-state index >= 15 is 0 Å². The maximum Gasteiger partial charge on any atom is 0.315 e. The normalized spacial score (nSPS) is 15.4. The standard InChI is InChI=1S/C18H13NO4S/c20-16(11-12-4-2-1-3-5-12)23-14-8-6-13(7-9-14)10-15-17(21)19-18(22)24-15/h1-10H,11H2,(H,19,21,22). The highest BCUT2D eigenvalue weighted by atomic mass is 32.2. The fourth-order valence-corrected chi connectivity index (χ4v) is 2.82. The molecule has 1 aliphatic rings. The second-order valence-electron chi connectivity index (χ2n) is 5.06. The van der Waals surface area contributed by atoms with E-state index in [4.69, 9.17) is 4.74 Å². The van der Waals surface area contributed by atoms with Crippen LogP contribution in [0.5, 0.6) is 5.75 Å². The lowest BCUT2D eigenvalue weighted by Crippen LogP contribution is -2.17. The molecule has 0 aliphatic carbocycles. The number of amides is 2. The number of esters is 1. The summed E-state index contributed by atoms with van der Waals surface area (Å²) >= 11 is 0.861. The van der Waals surface area contributed by atoms with Crippen molar-refractivity contribution in [2.75, 3.05) is 0 Å². The van der Waals surface area contributed by atoms with E-state index in [-0.39, 0.29) is 17.6 Å². The molecule has 2 aromatic rings. The summed E-state index contributed by atoms with van der Waals surface area (Å²) in [6, 6.07) is 16.1. The first kappa shape index (κ1) is 16.0. The Balaban J connectivity index is 1.62. The van der Waals surface area contributed by atoms with E-state index in [1.54, 1.807) is 30.3 Å². The molecule has 2 amide bonds. The van der Waals surface area contributed by atoms with Gasteiger partial charge >= 0.3 is 5.97 Å². The minimum atomic E-state index is -0.400. The van der Waals surface area contributed by atoms with Crippen LogP contribution in [0, 0.1) is 0 Å². The monoisotopic (exact) mass is 339 g/mol. The smallest absolute Gasteiger partial charge is 0.315 e. The van der Waals surface area contributed by atoms with Crippen LogP contribution in [0.4, 0.5) is 4.79 Å². The van der Waals surface area contributed by atoms with Crippen LogP contribution in [0.15, 0.2) is 59.5 Å². The van der Waals surface area contributed by atoms with Crippen molar-refractivity contribution in [3.05, 3.63) is 70.6 Å². The van der Waals surface area contributed by atoms with Crippen LogP contribution in [0.2, 0.25) is 0 Å². The van der Waals surface area contributed by atoms with Gasteiger partial charge in [0.1, 0.15) is 5.75 Å². The van der Waals surface area contributed by atoms with Gasteiger partial charge in [-0.1, -0.05) is 42.5 Å². The van der Waals surface area contributed by atoms with Gasteiger partial charge in [0.25, 0.3) is 11.1 Å². The number of carbonyl (C=O) groups excluding carboxylic acids is 3. The zero-order valence-corrected chi connectivity index (χ0v) is 13.3. The molecule has 0 spiro atoms. The minimum Gasteiger partial charge on any atom is -0.426 e. The molecule has 1 N–H and O–H groups in total. The van der Waals surface area contributed by atoms with Crippen LogP contribution in [-0.2, 0) is 16.0 Å². The summed E-state index contributed by atoms with van der Waals surface area (Å²) in [6.45, 7) is 0. The molecule has 1 saturated heterocycles. The number of hydrogen-bond donors (Lipinski definition) is 1. The number of rotatable bonds is 4. The Morgan fingerprint density at radius 2 is 1.75 bits per heavy atom. The van der Waals surface area contributed by atoms with E-state index in [9.17, 15) is 14.4 Å². The molecule has 0 atom stereocenters. The van der Waals surface area contributed by atoms with Crippen molar-refractivity contribution < 1.29 is 19.1 Å². The van der Waals surface area contributed by atoms with Gasteiger partial charge in [0.15, 0.2) is 0 Å². The third kappa shape index (κ3) is 4.11. The van der Waals surface area contributed by atoms with Gasteiger partial charge < -0.3 is 4.74 Å². The molecule has 24 heavy (non-hydrogen) atoms. The van der Waals surface area contributed by atoms with Gasteiger partial charge in [-0.15, -0.1) is 0 Å². The number of hydrogen-bond acceptors (Lipinski definition) is 5. The largest absolute Gasteiger partial charge is 0.426 e. The lowest BCUT2D eigenvalue weighted by Gasteiger charge is -2.05. The van der Waals surface area contributed by atoms with Gasteiger partial charge in [-0.3, -0.25) is 19.7 Å². The summed E-state index contributed by atoms with van der Waals surface area (Å²) in [5, 5.41) is 1.82. The van der Waals surface area contributed by atoms with Crippen LogP contribution < -0.4 is 10.1 Å². The van der Waals surface area contributed by atoms with Crippen molar-refractivity contribution in [1.82, 2.24) is 5.32 Å². The quantitative estimate of drug-likeness (QED) is 0.526. The molecule has 1 heterocycles. The van der Waals surface area contributed by atoms with Crippen LogP contribution in [0.25, 0.3) is 6.08 Å². The Labute approximate surface area is 142 Å². The third-order valence-electron chi connectivity index (χ3n) is 3.24. The van der Waals surface area contributed by atoms with Crippen LogP contribution in [-0.4, -0.2) is 17.1 Å². The summed E-state index contributed by atoms with van der Waals surface area (Å²) < 4.78 is 5.28. The number of benzene rings is 2. The SMILES string of the molecule is O=C(Cc1ccccc1)Oc1ccc(C=C2SC(=O)NC2=O)cc1. The molecule has 1 fully saturated rings. The molecule has 0 radical (unpaired) electrons. The highest BCUT2D eigenvalue weighted by Crippen LogP contribution is 2.26. The second kappa shape index (κ2) is 7.14. The van der Waals surface area contributed by atoms with Gasteiger partial charge in [0, 0.05) is 0 Å². The Hall–Kier alpha value is -2.86. The molecule has 0 saturated carbocycles. The van der Waals surface area contributed by atoms with Crippen molar-refractivity contribution >= 4 is 35.0 Å². The second-order valence-corrected chi connectivity index (χ2v) is 6.07. The van der Waals surface area contributed by atoms with Crippen molar-refractivity contribution in [1.29, 1.82) is 0 Å². The fourth-order valence-electron chi connectivity index (χ4n) is 2.13. The van der Waals surface area contributed by atoms with Gasteiger partial charge in [0.2, 0.25) is 0 Å². The molecule has 120 valence electrons. The maximum atomic E-state index is 11.9. The maximum absolute atomic E-state index is 11.9. The van der Waals surface area contributed by atoms with E-state index in [2.05, 4.69) is 5.32 Å². The Bertz CT molecular complexity index is 813. The molecule has 0 unspecified atom stereocenters. The number of imide groups is 1. The number of carbonyl (C=O) groups is 3. The Kier molecular flexibility index (Phi) is 4.77. The zero-order chi connectivity index (χ0) is 16.9. The molecule has 0 aromatic heterocycles. The average Bonchev–Trinajstić information content (AvgIpc) is 2.87. The summed E-state index contributed by atoms with van der Waals surface area (Å²) in [6.07, 6.45) is 1.81. The molecular formula is C18H13NO4S. The topological polar surface area (TPSA) is 72.5 Å². The lowest BCUT2D eigenvalue weighted by molar-refractivity contribution is -0.133. The summed E-state index contributed by atoms with van der Waals surface area (Å²) in [7, 11) is 0. The zero-order valence-electron chi connectivity index (χ0n) is 12.5. The van der Waals surface area contributed by atoms with Gasteiger partial charge in [-0.2, -0.15) is 0 Å². The van der Waals surface area contributed by atoms with E-state index in [1.807, 2.05) is 30.3 Å². The van der Waals surface area contributed by atoms with Crippen molar-refractivity contribution in [3.63, 3.8) is 0 Å². The van der Waals surface area contributed by atoms with E-state index in [1.165, 1.54) is 0 Å². The predicted molar refractivity (Wildman–Crippen MR) is 91.3 cm³/mol. The van der Waals surface area contributed by atoms with Crippen LogP contribution in [0.1, 0.15) is 11.1 Å². The number of ether oxygens (including phenoxy) is 1. The molecule has 5 nitrogen and oxygen atoms in total. The first-order valence-corrected chi connectivity index (χ1v) is 8.01. The van der Waals surface area contributed by atoms with Crippen LogP contribution >= 0.6 is 11.8 Å². The van der Waals surface area contributed by atoms with Crippen molar-refractivity contribution in [2.24, 2.45) is 0 Å². The highest BCUT2D eigenvalue weighted by molar-refractivity contribution is 8.18. The third-order valence-corrected chi connectivity index (χ3v) is 4.05. The summed E-state index contributed by atoms with van der Waals surface area (Å²) in [5.41, 5.74) is 1.63.